The van der Waals surface area contributed by atoms with Crippen molar-refractivity contribution in [2.24, 2.45) is 0 Å². The molecule has 23 heavy (non-hydrogen) atoms. The third-order valence-corrected chi connectivity index (χ3v) is 4.84. The van der Waals surface area contributed by atoms with E-state index in [1.807, 2.05) is 18.7 Å². The van der Waals surface area contributed by atoms with E-state index in [2.05, 4.69) is 15.5 Å². The molecule has 3 aliphatic rings. The van der Waals surface area contributed by atoms with Crippen LogP contribution >= 0.6 is 11.8 Å². The number of imide groups is 1. The van der Waals surface area contributed by atoms with Crippen molar-refractivity contribution in [1.29, 1.82) is 0 Å². The van der Waals surface area contributed by atoms with Crippen molar-refractivity contribution in [3.8, 4) is 0 Å². The quantitative estimate of drug-likeness (QED) is 0.571. The molecule has 3 saturated heterocycles. The smallest absolute Gasteiger partial charge is 0.332 e. The van der Waals surface area contributed by atoms with Gasteiger partial charge in [0.25, 0.3) is 11.8 Å². The zero-order valence-corrected chi connectivity index (χ0v) is 13.8. The lowest BCUT2D eigenvalue weighted by Crippen LogP contribution is -2.31. The Labute approximate surface area is 138 Å². The Bertz CT molecular complexity index is 469. The molecule has 8 nitrogen and oxygen atoms in total. The Hall–Kier alpha value is -1.77. The monoisotopic (exact) mass is 343 g/mol. The molecule has 2 N–H and O–H groups in total. The first-order valence-electron chi connectivity index (χ1n) is 7.72. The largest absolute Gasteiger partial charge is 0.333 e. The lowest BCUT2D eigenvalue weighted by atomic mass is 10.2. The van der Waals surface area contributed by atoms with E-state index in [4.69, 9.17) is 0 Å². The van der Waals surface area contributed by atoms with Gasteiger partial charge in [0.1, 0.15) is 0 Å². The van der Waals surface area contributed by atoms with Gasteiger partial charge in [0, 0.05) is 30.8 Å². The highest BCUT2D eigenvalue weighted by Gasteiger charge is 2.35. The molecule has 2 atom stereocenters. The number of carbonyl (C=O) groups is 4. The van der Waals surface area contributed by atoms with Crippen LogP contribution in [0.15, 0.2) is 0 Å². The summed E-state index contributed by atoms with van der Waals surface area (Å²) >= 11 is 1.89. The Morgan fingerprint density at radius 1 is 1.17 bits per heavy atom. The molecule has 0 bridgehead atoms. The van der Waals surface area contributed by atoms with Gasteiger partial charge in [-0.1, -0.05) is 13.3 Å². The predicted molar refractivity (Wildman–Crippen MR) is 83.3 cm³/mol. The first-order valence-corrected chi connectivity index (χ1v) is 8.88. The highest BCUT2D eigenvalue weighted by molar-refractivity contribution is 7.99. The van der Waals surface area contributed by atoms with Gasteiger partial charge >= 0.3 is 12.0 Å². The van der Waals surface area contributed by atoms with Gasteiger partial charge in [-0.05, 0) is 6.42 Å². The zero-order valence-electron chi connectivity index (χ0n) is 13.0. The number of rotatable bonds is 4. The average molecular weight is 343 g/mol. The number of hydrogen-bond donors (Lipinski definition) is 2. The third-order valence-electron chi connectivity index (χ3n) is 3.65. The fourth-order valence-corrected chi connectivity index (χ4v) is 3.62. The molecule has 2 unspecified atom stereocenters. The molecule has 0 aromatic heterocycles. The SMILES string of the molecule is CCCCC(=O)ON1C(=O)CCC1=O.O=C1NC2CSCC2N1. The van der Waals surface area contributed by atoms with E-state index >= 15 is 0 Å². The van der Waals surface area contributed by atoms with Crippen LogP contribution in [0.5, 0.6) is 0 Å². The summed E-state index contributed by atoms with van der Waals surface area (Å²) in [4.78, 5) is 48.4. The van der Waals surface area contributed by atoms with E-state index in [1.54, 1.807) is 0 Å². The van der Waals surface area contributed by atoms with E-state index in [0.29, 0.717) is 23.6 Å². The van der Waals surface area contributed by atoms with Gasteiger partial charge < -0.3 is 15.5 Å². The molecule has 9 heteroatoms. The molecule has 3 aliphatic heterocycles. The van der Waals surface area contributed by atoms with Crippen molar-refractivity contribution in [2.75, 3.05) is 11.5 Å². The van der Waals surface area contributed by atoms with Crippen LogP contribution in [-0.4, -0.2) is 52.5 Å². The van der Waals surface area contributed by atoms with Crippen LogP contribution in [-0.2, 0) is 19.2 Å². The van der Waals surface area contributed by atoms with Crippen molar-refractivity contribution in [1.82, 2.24) is 15.7 Å². The van der Waals surface area contributed by atoms with Gasteiger partial charge in [0.2, 0.25) is 0 Å². The normalized spacial score (nSPS) is 25.4. The van der Waals surface area contributed by atoms with Crippen molar-refractivity contribution in [3.05, 3.63) is 0 Å². The predicted octanol–water partition coefficient (Wildman–Crippen LogP) is 0.567. The summed E-state index contributed by atoms with van der Waals surface area (Å²) in [6, 6.07) is 0.815. The van der Waals surface area contributed by atoms with Crippen molar-refractivity contribution >= 4 is 35.6 Å². The highest BCUT2D eigenvalue weighted by Crippen LogP contribution is 2.20. The second-order valence-corrected chi connectivity index (χ2v) is 6.59. The van der Waals surface area contributed by atoms with E-state index in [-0.39, 0.29) is 25.3 Å². The molecule has 3 fully saturated rings. The Morgan fingerprint density at radius 2 is 1.74 bits per heavy atom. The minimum Gasteiger partial charge on any atom is -0.332 e. The van der Waals surface area contributed by atoms with Crippen LogP contribution in [0.25, 0.3) is 0 Å². The van der Waals surface area contributed by atoms with E-state index < -0.39 is 17.8 Å². The van der Waals surface area contributed by atoms with Gasteiger partial charge in [-0.25, -0.2) is 9.59 Å². The lowest BCUT2D eigenvalue weighted by molar-refractivity contribution is -0.197. The number of fused-ring (bicyclic) bond motifs is 1. The van der Waals surface area contributed by atoms with Crippen molar-refractivity contribution in [3.63, 3.8) is 0 Å². The van der Waals surface area contributed by atoms with Gasteiger partial charge in [0.05, 0.1) is 12.1 Å². The molecule has 0 saturated carbocycles. The lowest BCUT2D eigenvalue weighted by Gasteiger charge is -2.11. The number of hydrogen-bond acceptors (Lipinski definition) is 6. The summed E-state index contributed by atoms with van der Waals surface area (Å²) in [6.45, 7) is 1.94. The molecule has 0 aromatic rings. The first kappa shape index (κ1) is 17.6. The molecule has 0 spiro atoms. The molecule has 0 aromatic carbocycles. The molecule has 0 aliphatic carbocycles. The maximum absolute atomic E-state index is 11.1. The number of urea groups is 1. The van der Waals surface area contributed by atoms with Gasteiger partial charge in [-0.15, -0.1) is 5.06 Å². The van der Waals surface area contributed by atoms with E-state index in [1.165, 1.54) is 0 Å². The van der Waals surface area contributed by atoms with Crippen LogP contribution in [0.1, 0.15) is 39.0 Å². The highest BCUT2D eigenvalue weighted by atomic mass is 32.2. The summed E-state index contributed by atoms with van der Waals surface area (Å²) in [5, 5.41) is 6.27. The van der Waals surface area contributed by atoms with Crippen molar-refractivity contribution in [2.45, 2.75) is 51.1 Å². The molecule has 0 radical (unpaired) electrons. The number of amides is 4. The van der Waals surface area contributed by atoms with E-state index in [0.717, 1.165) is 17.9 Å². The summed E-state index contributed by atoms with van der Waals surface area (Å²) in [7, 11) is 0. The number of unbranched alkanes of at least 4 members (excludes halogenated alkanes) is 1. The summed E-state index contributed by atoms with van der Waals surface area (Å²) in [5.41, 5.74) is 0. The summed E-state index contributed by atoms with van der Waals surface area (Å²) in [6.07, 6.45) is 2.10. The van der Waals surface area contributed by atoms with Crippen LogP contribution in [0, 0.1) is 0 Å². The first-order chi connectivity index (χ1) is 11.0. The number of nitrogens with one attached hydrogen (secondary N) is 2. The zero-order chi connectivity index (χ0) is 16.8. The summed E-state index contributed by atoms with van der Waals surface area (Å²) < 4.78 is 0. The average Bonchev–Trinajstić information content (AvgIpc) is 3.16. The summed E-state index contributed by atoms with van der Waals surface area (Å²) in [5.74, 6) is 0.766. The van der Waals surface area contributed by atoms with Crippen LogP contribution in [0.4, 0.5) is 4.79 Å². The van der Waals surface area contributed by atoms with Gasteiger partial charge in [0.15, 0.2) is 0 Å². The third kappa shape index (κ3) is 4.85. The molecule has 3 heterocycles. The van der Waals surface area contributed by atoms with Crippen LogP contribution in [0.2, 0.25) is 0 Å². The fraction of sp³-hybridized carbons (Fsp3) is 0.714. The molecular formula is C14H21N3O5S. The maximum atomic E-state index is 11.1. The van der Waals surface area contributed by atoms with Gasteiger partial charge in [-0.3, -0.25) is 9.59 Å². The minimum absolute atomic E-state index is 0.00491. The maximum Gasteiger partial charge on any atom is 0.333 e. The molecule has 4 amide bonds. The Balaban J connectivity index is 0.000000182. The van der Waals surface area contributed by atoms with E-state index in [9.17, 15) is 19.2 Å². The van der Waals surface area contributed by atoms with Crippen LogP contribution < -0.4 is 10.6 Å². The Morgan fingerprint density at radius 3 is 2.26 bits per heavy atom. The second kappa shape index (κ2) is 8.19. The standard InChI is InChI=1S/C9H13NO4.C5H8N2OS/c1-2-3-4-9(13)14-10-7(11)5-6-8(10)12;8-5-6-3-1-9-2-4(3)7-5/h2-6H2,1H3;3-4H,1-2H2,(H2,6,7,8). The Kier molecular flexibility index (Phi) is 6.26. The number of nitrogens with zero attached hydrogens (tertiary/aromatic N) is 1. The second-order valence-electron chi connectivity index (χ2n) is 5.52. The molecule has 3 rings (SSSR count). The van der Waals surface area contributed by atoms with Crippen LogP contribution in [0.3, 0.4) is 0 Å². The minimum atomic E-state index is -0.518. The molecular weight excluding hydrogens is 322 g/mol. The topological polar surface area (TPSA) is 105 Å². The molecule has 128 valence electrons. The number of carbonyl (C=O) groups excluding carboxylic acids is 4. The number of thioether (sulfide) groups is 1. The number of hydroxylamine groups is 2. The van der Waals surface area contributed by atoms with Gasteiger partial charge in [-0.2, -0.15) is 11.8 Å². The fourth-order valence-electron chi connectivity index (χ4n) is 2.34. The van der Waals surface area contributed by atoms with Crippen molar-refractivity contribution < 1.29 is 24.0 Å².